The molecule has 4 rings (SSSR count). The number of halogens is 5. The fourth-order valence-corrected chi connectivity index (χ4v) is 4.78. The van der Waals surface area contributed by atoms with E-state index in [1.165, 1.54) is 30.7 Å². The molecule has 0 saturated carbocycles. The van der Waals surface area contributed by atoms with E-state index >= 15 is 4.39 Å². The van der Waals surface area contributed by atoms with Gasteiger partial charge in [0, 0.05) is 5.39 Å². The molecule has 0 heterocycles. The van der Waals surface area contributed by atoms with Crippen LogP contribution in [-0.2, 0) is 19.3 Å². The third-order valence-corrected chi connectivity index (χ3v) is 6.83. The smallest absolute Gasteiger partial charge is 0.387 e. The standard InChI is InChI=1S/C32H31F5O/c1-2-3-4-5-6-7-22-18-28(33)30(29(34)19-22)25-14-17-27-24(20-25)13-12-23(31(27)35)11-8-21-9-15-26(16-10-21)38-32(36)37/h9-10,12-20,32H,2-8,11H2,1H3. The van der Waals surface area contributed by atoms with Gasteiger partial charge in [-0.25, -0.2) is 13.2 Å². The molecule has 4 aromatic rings. The molecular weight excluding hydrogens is 495 g/mol. The summed E-state index contributed by atoms with van der Waals surface area (Å²) >= 11 is 0. The van der Waals surface area contributed by atoms with E-state index in [0.29, 0.717) is 46.7 Å². The molecule has 0 N–H and O–H groups in total. The van der Waals surface area contributed by atoms with Gasteiger partial charge in [0.1, 0.15) is 23.2 Å². The van der Waals surface area contributed by atoms with E-state index in [1.54, 1.807) is 42.5 Å². The largest absolute Gasteiger partial charge is 0.435 e. The van der Waals surface area contributed by atoms with E-state index in [4.69, 9.17) is 0 Å². The van der Waals surface area contributed by atoms with Gasteiger partial charge in [-0.1, -0.05) is 69.0 Å². The minimum atomic E-state index is -2.88. The lowest BCUT2D eigenvalue weighted by atomic mass is 9.95. The van der Waals surface area contributed by atoms with Crippen LogP contribution >= 0.6 is 0 Å². The Balaban J connectivity index is 1.47. The normalized spacial score (nSPS) is 11.4. The predicted octanol–water partition coefficient (Wildman–Crippen LogP) is 9.82. The first kappa shape index (κ1) is 27.6. The van der Waals surface area contributed by atoms with Crippen molar-refractivity contribution in [1.82, 2.24) is 0 Å². The summed E-state index contributed by atoms with van der Waals surface area (Å²) in [6, 6.07) is 17.2. The average molecular weight is 527 g/mol. The second-order valence-corrected chi connectivity index (χ2v) is 9.60. The highest BCUT2D eigenvalue weighted by atomic mass is 19.3. The van der Waals surface area contributed by atoms with E-state index in [1.807, 2.05) is 0 Å². The quantitative estimate of drug-likeness (QED) is 0.132. The molecule has 6 heteroatoms. The van der Waals surface area contributed by atoms with Crippen molar-refractivity contribution in [2.75, 3.05) is 0 Å². The molecule has 0 aromatic heterocycles. The summed E-state index contributed by atoms with van der Waals surface area (Å²) in [6.45, 7) is -0.740. The zero-order chi connectivity index (χ0) is 27.1. The van der Waals surface area contributed by atoms with Gasteiger partial charge in [-0.05, 0) is 83.7 Å². The molecule has 0 radical (unpaired) electrons. The first-order chi connectivity index (χ1) is 18.4. The van der Waals surface area contributed by atoms with Crippen LogP contribution in [0.3, 0.4) is 0 Å². The molecule has 38 heavy (non-hydrogen) atoms. The molecule has 0 aliphatic carbocycles. The maximum Gasteiger partial charge on any atom is 0.387 e. The van der Waals surface area contributed by atoms with Crippen molar-refractivity contribution in [3.8, 4) is 16.9 Å². The number of alkyl halides is 2. The summed E-state index contributed by atoms with van der Waals surface area (Å²) in [6.07, 6.45) is 6.93. The monoisotopic (exact) mass is 526 g/mol. The Hall–Kier alpha value is -3.41. The van der Waals surface area contributed by atoms with Gasteiger partial charge in [-0.15, -0.1) is 0 Å². The van der Waals surface area contributed by atoms with Crippen LogP contribution < -0.4 is 4.74 Å². The number of rotatable bonds is 12. The number of benzene rings is 4. The molecule has 0 unspecified atom stereocenters. The van der Waals surface area contributed by atoms with E-state index in [-0.39, 0.29) is 17.1 Å². The Labute approximate surface area is 220 Å². The fourth-order valence-electron chi connectivity index (χ4n) is 4.78. The first-order valence-electron chi connectivity index (χ1n) is 13.1. The van der Waals surface area contributed by atoms with Crippen molar-refractivity contribution in [3.63, 3.8) is 0 Å². The van der Waals surface area contributed by atoms with Crippen LogP contribution in [0.2, 0.25) is 0 Å². The Morgan fingerprint density at radius 2 is 1.39 bits per heavy atom. The highest BCUT2D eigenvalue weighted by molar-refractivity contribution is 5.88. The van der Waals surface area contributed by atoms with E-state index in [0.717, 1.165) is 31.2 Å². The first-order valence-corrected chi connectivity index (χ1v) is 13.1. The molecule has 0 atom stereocenters. The minimum Gasteiger partial charge on any atom is -0.435 e. The Morgan fingerprint density at radius 3 is 2.08 bits per heavy atom. The van der Waals surface area contributed by atoms with Gasteiger partial charge in [0.2, 0.25) is 0 Å². The van der Waals surface area contributed by atoms with E-state index in [9.17, 15) is 17.6 Å². The van der Waals surface area contributed by atoms with Gasteiger partial charge in [0.15, 0.2) is 0 Å². The van der Waals surface area contributed by atoms with Gasteiger partial charge in [0.05, 0.1) is 5.56 Å². The summed E-state index contributed by atoms with van der Waals surface area (Å²) < 4.78 is 74.2. The summed E-state index contributed by atoms with van der Waals surface area (Å²) in [4.78, 5) is 0. The van der Waals surface area contributed by atoms with Crippen LogP contribution in [0.4, 0.5) is 22.0 Å². The number of fused-ring (bicyclic) bond motifs is 1. The lowest BCUT2D eigenvalue weighted by molar-refractivity contribution is -0.0498. The zero-order valence-electron chi connectivity index (χ0n) is 21.4. The Morgan fingerprint density at radius 1 is 0.684 bits per heavy atom. The van der Waals surface area contributed by atoms with Crippen LogP contribution in [-0.4, -0.2) is 6.61 Å². The summed E-state index contributed by atoms with van der Waals surface area (Å²) in [5.41, 5.74) is 2.26. The lowest BCUT2D eigenvalue weighted by Crippen LogP contribution is -2.02. The summed E-state index contributed by atoms with van der Waals surface area (Å²) in [7, 11) is 0. The van der Waals surface area contributed by atoms with Crippen LogP contribution in [0, 0.1) is 17.5 Å². The topological polar surface area (TPSA) is 9.23 Å². The molecular formula is C32H31F5O. The molecule has 0 amide bonds. The van der Waals surface area contributed by atoms with Crippen LogP contribution in [0.15, 0.2) is 66.7 Å². The van der Waals surface area contributed by atoms with Crippen molar-refractivity contribution in [1.29, 1.82) is 0 Å². The van der Waals surface area contributed by atoms with Crippen LogP contribution in [0.25, 0.3) is 21.9 Å². The van der Waals surface area contributed by atoms with Crippen LogP contribution in [0.1, 0.15) is 55.7 Å². The molecule has 0 spiro atoms. The SMILES string of the molecule is CCCCCCCc1cc(F)c(-c2ccc3c(F)c(CCc4ccc(OC(F)F)cc4)ccc3c2)c(F)c1. The molecule has 0 aliphatic rings. The number of unbranched alkanes of at least 4 members (excludes halogenated alkanes) is 4. The molecule has 1 nitrogen and oxygen atoms in total. The van der Waals surface area contributed by atoms with Gasteiger partial charge in [-0.3, -0.25) is 0 Å². The zero-order valence-corrected chi connectivity index (χ0v) is 21.4. The molecule has 4 aromatic carbocycles. The van der Waals surface area contributed by atoms with Gasteiger partial charge in [0.25, 0.3) is 0 Å². The third-order valence-electron chi connectivity index (χ3n) is 6.83. The molecule has 0 bridgehead atoms. The average Bonchev–Trinajstić information content (AvgIpc) is 2.88. The molecule has 0 saturated heterocycles. The molecule has 0 aliphatic heterocycles. The maximum absolute atomic E-state index is 15.3. The van der Waals surface area contributed by atoms with Crippen molar-refractivity contribution < 1.29 is 26.7 Å². The fraction of sp³-hybridized carbons (Fsp3) is 0.312. The number of ether oxygens (including phenoxy) is 1. The second-order valence-electron chi connectivity index (χ2n) is 9.60. The van der Waals surface area contributed by atoms with Crippen LogP contribution in [0.5, 0.6) is 5.75 Å². The third kappa shape index (κ3) is 6.91. The Kier molecular flexibility index (Phi) is 9.38. The number of hydrogen-bond acceptors (Lipinski definition) is 1. The predicted molar refractivity (Wildman–Crippen MR) is 142 cm³/mol. The van der Waals surface area contributed by atoms with Crippen molar-refractivity contribution >= 4 is 10.8 Å². The van der Waals surface area contributed by atoms with Gasteiger partial charge < -0.3 is 4.74 Å². The lowest BCUT2D eigenvalue weighted by Gasteiger charge is -2.12. The van der Waals surface area contributed by atoms with E-state index < -0.39 is 18.2 Å². The Bertz CT molecular complexity index is 1340. The van der Waals surface area contributed by atoms with Gasteiger partial charge >= 0.3 is 6.61 Å². The van der Waals surface area contributed by atoms with E-state index in [2.05, 4.69) is 11.7 Å². The summed E-state index contributed by atoms with van der Waals surface area (Å²) in [5.74, 6) is -1.54. The van der Waals surface area contributed by atoms with Crippen molar-refractivity contribution in [2.24, 2.45) is 0 Å². The number of hydrogen-bond donors (Lipinski definition) is 0. The summed E-state index contributed by atoms with van der Waals surface area (Å²) in [5, 5.41) is 0.924. The molecule has 200 valence electrons. The molecule has 0 fully saturated rings. The maximum atomic E-state index is 15.3. The van der Waals surface area contributed by atoms with Crippen molar-refractivity contribution in [3.05, 3.63) is 101 Å². The van der Waals surface area contributed by atoms with Gasteiger partial charge in [-0.2, -0.15) is 8.78 Å². The minimum absolute atomic E-state index is 0.0707. The second kappa shape index (κ2) is 12.9. The number of aryl methyl sites for hydroxylation is 3. The van der Waals surface area contributed by atoms with Crippen molar-refractivity contribution in [2.45, 2.75) is 64.9 Å². The highest BCUT2D eigenvalue weighted by Gasteiger charge is 2.16. The highest BCUT2D eigenvalue weighted by Crippen LogP contribution is 2.32.